The highest BCUT2D eigenvalue weighted by Gasteiger charge is 2.15. The fourth-order valence-electron chi connectivity index (χ4n) is 1.21. The van der Waals surface area contributed by atoms with Crippen LogP contribution in [-0.4, -0.2) is 24.4 Å². The van der Waals surface area contributed by atoms with Gasteiger partial charge in [-0.05, 0) is 26.0 Å². The van der Waals surface area contributed by atoms with Crippen molar-refractivity contribution in [3.05, 3.63) is 22.2 Å². The van der Waals surface area contributed by atoms with Gasteiger partial charge in [-0.25, -0.2) is 0 Å². The Hall–Kier alpha value is -0.640. The monoisotopic (exact) mass is 263 g/mol. The van der Waals surface area contributed by atoms with Crippen molar-refractivity contribution in [3.63, 3.8) is 0 Å². The van der Waals surface area contributed by atoms with Gasteiger partial charge in [0.1, 0.15) is 0 Å². The molecule has 0 radical (unpaired) electrons. The Bertz CT molecular complexity index is 375. The summed E-state index contributed by atoms with van der Waals surface area (Å²) in [5.74, 6) is 0.523. The van der Waals surface area contributed by atoms with Crippen LogP contribution in [0.25, 0.3) is 0 Å². The Balaban J connectivity index is 2.94. The molecule has 0 atom stereocenters. The number of aliphatic hydroxyl groups is 1. The Morgan fingerprint density at radius 2 is 2.00 bits per heavy atom. The first-order valence-electron chi connectivity index (χ1n) is 4.83. The summed E-state index contributed by atoms with van der Waals surface area (Å²) in [5.41, 5.74) is -0.151. The van der Waals surface area contributed by atoms with Gasteiger partial charge in [0, 0.05) is 11.6 Å². The lowest BCUT2D eigenvalue weighted by molar-refractivity contribution is 0.0945. The molecule has 0 unspecified atom stereocenters. The molecule has 3 nitrogen and oxygen atoms in total. The maximum atomic E-state index is 9.61. The topological polar surface area (TPSA) is 41.5 Å². The van der Waals surface area contributed by atoms with Gasteiger partial charge in [-0.15, -0.1) is 0 Å². The minimum absolute atomic E-state index is 0.375. The summed E-state index contributed by atoms with van der Waals surface area (Å²) in [5, 5.41) is 13.6. The molecule has 5 heteroatoms. The molecule has 0 saturated heterocycles. The van der Waals surface area contributed by atoms with E-state index < -0.39 is 5.60 Å². The van der Waals surface area contributed by atoms with Crippen LogP contribution in [0.2, 0.25) is 10.0 Å². The lowest BCUT2D eigenvalue weighted by Crippen LogP contribution is -2.29. The highest BCUT2D eigenvalue weighted by Crippen LogP contribution is 2.36. The zero-order valence-corrected chi connectivity index (χ0v) is 11.0. The average molecular weight is 264 g/mol. The summed E-state index contributed by atoms with van der Waals surface area (Å²) < 4.78 is 5.16. The van der Waals surface area contributed by atoms with E-state index in [2.05, 4.69) is 5.32 Å². The number of hydrogen-bond acceptors (Lipinski definition) is 3. The molecule has 0 heterocycles. The molecule has 0 aliphatic carbocycles. The molecule has 1 rings (SSSR count). The van der Waals surface area contributed by atoms with Gasteiger partial charge in [0.05, 0.1) is 23.4 Å². The van der Waals surface area contributed by atoms with Gasteiger partial charge in [-0.2, -0.15) is 0 Å². The second kappa shape index (κ2) is 5.13. The molecule has 0 saturated carbocycles. The quantitative estimate of drug-likeness (QED) is 0.877. The van der Waals surface area contributed by atoms with Crippen molar-refractivity contribution in [2.24, 2.45) is 0 Å². The molecule has 0 fully saturated rings. The van der Waals surface area contributed by atoms with E-state index in [1.807, 2.05) is 0 Å². The van der Waals surface area contributed by atoms with Crippen molar-refractivity contribution in [1.82, 2.24) is 0 Å². The van der Waals surface area contributed by atoms with Crippen molar-refractivity contribution >= 4 is 28.9 Å². The van der Waals surface area contributed by atoms with Crippen LogP contribution in [0, 0.1) is 0 Å². The maximum Gasteiger partial charge on any atom is 0.160 e. The average Bonchev–Trinajstić information content (AvgIpc) is 2.12. The van der Waals surface area contributed by atoms with Crippen LogP contribution in [0.5, 0.6) is 5.75 Å². The SMILES string of the molecule is COc1c(Cl)cc(Cl)cc1NCC(C)(C)O. The molecule has 16 heavy (non-hydrogen) atoms. The van der Waals surface area contributed by atoms with Crippen LogP contribution in [0.1, 0.15) is 13.8 Å². The number of halogens is 2. The van der Waals surface area contributed by atoms with Gasteiger partial charge in [0.25, 0.3) is 0 Å². The lowest BCUT2D eigenvalue weighted by atomic mass is 10.1. The second-order valence-electron chi connectivity index (χ2n) is 4.13. The first kappa shape index (κ1) is 13.4. The number of hydrogen-bond donors (Lipinski definition) is 2. The lowest BCUT2D eigenvalue weighted by Gasteiger charge is -2.20. The van der Waals surface area contributed by atoms with Crippen LogP contribution in [0.15, 0.2) is 12.1 Å². The molecule has 0 aromatic heterocycles. The Kier molecular flexibility index (Phi) is 4.30. The van der Waals surface area contributed by atoms with Crippen LogP contribution in [0.3, 0.4) is 0 Å². The minimum Gasteiger partial charge on any atom is -0.493 e. The maximum absolute atomic E-state index is 9.61. The van der Waals surface area contributed by atoms with Crippen LogP contribution in [0.4, 0.5) is 5.69 Å². The van der Waals surface area contributed by atoms with E-state index in [9.17, 15) is 5.11 Å². The van der Waals surface area contributed by atoms with Crippen LogP contribution < -0.4 is 10.1 Å². The number of ether oxygens (including phenoxy) is 1. The molecular weight excluding hydrogens is 249 g/mol. The van der Waals surface area contributed by atoms with Crippen LogP contribution >= 0.6 is 23.2 Å². The highest BCUT2D eigenvalue weighted by atomic mass is 35.5. The van der Waals surface area contributed by atoms with Crippen molar-refractivity contribution in [1.29, 1.82) is 0 Å². The third-order valence-electron chi connectivity index (χ3n) is 1.92. The Morgan fingerprint density at radius 1 is 1.38 bits per heavy atom. The highest BCUT2D eigenvalue weighted by molar-refractivity contribution is 6.36. The molecule has 2 N–H and O–H groups in total. The van der Waals surface area contributed by atoms with Gasteiger partial charge in [-0.1, -0.05) is 23.2 Å². The molecule has 0 aliphatic rings. The molecule has 0 bridgehead atoms. The minimum atomic E-state index is -0.820. The van der Waals surface area contributed by atoms with Gasteiger partial charge >= 0.3 is 0 Å². The first-order valence-corrected chi connectivity index (χ1v) is 5.58. The normalized spacial score (nSPS) is 11.4. The summed E-state index contributed by atoms with van der Waals surface area (Å²) in [6, 6.07) is 3.31. The van der Waals surface area contributed by atoms with Crippen molar-refractivity contribution in [3.8, 4) is 5.75 Å². The number of anilines is 1. The van der Waals surface area contributed by atoms with E-state index in [1.165, 1.54) is 7.11 Å². The molecule has 1 aromatic carbocycles. The predicted molar refractivity (Wildman–Crippen MR) is 67.8 cm³/mol. The molecule has 90 valence electrons. The van der Waals surface area contributed by atoms with Gasteiger partial charge in [-0.3, -0.25) is 0 Å². The second-order valence-corrected chi connectivity index (χ2v) is 4.98. The van der Waals surface area contributed by atoms with Gasteiger partial charge in [0.15, 0.2) is 5.75 Å². The molecule has 1 aromatic rings. The largest absolute Gasteiger partial charge is 0.493 e. The van der Waals surface area contributed by atoms with Crippen LogP contribution in [-0.2, 0) is 0 Å². The molecule has 0 amide bonds. The van der Waals surface area contributed by atoms with Gasteiger partial charge in [0.2, 0.25) is 0 Å². The number of benzene rings is 1. The third kappa shape index (κ3) is 3.74. The number of nitrogens with one attached hydrogen (secondary N) is 1. The van der Waals surface area contributed by atoms with E-state index in [-0.39, 0.29) is 0 Å². The Morgan fingerprint density at radius 3 is 2.50 bits per heavy atom. The fraction of sp³-hybridized carbons (Fsp3) is 0.455. The van der Waals surface area contributed by atoms with E-state index in [4.69, 9.17) is 27.9 Å². The fourth-order valence-corrected chi connectivity index (χ4v) is 1.78. The number of methoxy groups -OCH3 is 1. The molecular formula is C11H15Cl2NO2. The van der Waals surface area contributed by atoms with Gasteiger partial charge < -0.3 is 15.2 Å². The van der Waals surface area contributed by atoms with E-state index >= 15 is 0 Å². The van der Waals surface area contributed by atoms with Crippen molar-refractivity contribution in [2.75, 3.05) is 19.0 Å². The summed E-state index contributed by atoms with van der Waals surface area (Å²) >= 11 is 11.9. The van der Waals surface area contributed by atoms with Crippen molar-refractivity contribution in [2.45, 2.75) is 19.4 Å². The third-order valence-corrected chi connectivity index (χ3v) is 2.42. The van der Waals surface area contributed by atoms with E-state index in [0.29, 0.717) is 28.0 Å². The zero-order valence-electron chi connectivity index (χ0n) is 9.47. The van der Waals surface area contributed by atoms with Crippen molar-refractivity contribution < 1.29 is 9.84 Å². The summed E-state index contributed by atoms with van der Waals surface area (Å²) in [6.45, 7) is 3.79. The molecule has 0 aliphatic heterocycles. The summed E-state index contributed by atoms with van der Waals surface area (Å²) in [7, 11) is 1.53. The van der Waals surface area contributed by atoms with E-state index in [1.54, 1.807) is 26.0 Å². The smallest absolute Gasteiger partial charge is 0.160 e. The zero-order chi connectivity index (χ0) is 12.3. The first-order chi connectivity index (χ1) is 7.33. The molecule has 0 spiro atoms. The summed E-state index contributed by atoms with van der Waals surface area (Å²) in [4.78, 5) is 0. The van der Waals surface area contributed by atoms with E-state index in [0.717, 1.165) is 0 Å². The standard InChI is InChI=1S/C11H15Cl2NO2/c1-11(2,15)6-14-9-5-7(12)4-8(13)10(9)16-3/h4-5,14-15H,6H2,1-3H3. The predicted octanol–water partition coefficient (Wildman–Crippen LogP) is 3.18. The Labute approximate surface area is 105 Å². The summed E-state index contributed by atoms with van der Waals surface area (Å²) in [6.07, 6.45) is 0. The number of rotatable bonds is 4.